The number of hydrogen-bond acceptors (Lipinski definition) is 7. The first kappa shape index (κ1) is 29.0. The number of aryl methyl sites for hydroxylation is 2. The van der Waals surface area contributed by atoms with Crippen LogP contribution in [0.4, 0.5) is 11.4 Å². The van der Waals surface area contributed by atoms with Gasteiger partial charge in [0.2, 0.25) is 0 Å². The maximum Gasteiger partial charge on any atom is 0.354 e. The van der Waals surface area contributed by atoms with Crippen molar-refractivity contribution in [2.24, 2.45) is 0 Å². The summed E-state index contributed by atoms with van der Waals surface area (Å²) in [6.45, 7) is 8.16. The molecule has 0 aliphatic heterocycles. The lowest BCUT2D eigenvalue weighted by molar-refractivity contribution is -0.0273. The van der Waals surface area contributed by atoms with E-state index in [4.69, 9.17) is 37.4 Å². The summed E-state index contributed by atoms with van der Waals surface area (Å²) in [7, 11) is 0. The largest absolute Gasteiger partial charge is 0.461 e. The number of ether oxygens (including phenoxy) is 3. The zero-order valence-electron chi connectivity index (χ0n) is 21.6. The average molecular weight is 558 g/mol. The van der Waals surface area contributed by atoms with Gasteiger partial charge in [-0.25, -0.2) is 9.59 Å². The molecule has 0 aliphatic rings. The molecule has 4 aromatic rings. The normalized spacial score (nSPS) is 10.5. The Morgan fingerprint density at radius 2 is 1.71 bits per heavy atom. The summed E-state index contributed by atoms with van der Waals surface area (Å²) in [5, 5.41) is 4.10. The molecule has 2 aromatic heterocycles. The molecule has 0 atom stereocenters. The number of aromatic nitrogens is 2. The Balaban J connectivity index is 0.000000230. The molecule has 0 radical (unpaired) electrons. The highest BCUT2D eigenvalue weighted by molar-refractivity contribution is 6.39. The fourth-order valence-corrected chi connectivity index (χ4v) is 3.83. The van der Waals surface area contributed by atoms with Gasteiger partial charge in [0.15, 0.2) is 6.79 Å². The number of pyridine rings is 1. The molecule has 2 N–H and O–H groups in total. The Kier molecular flexibility index (Phi) is 10.5. The summed E-state index contributed by atoms with van der Waals surface area (Å²) in [5.41, 5.74) is 5.39. The molecule has 10 heteroatoms. The summed E-state index contributed by atoms with van der Waals surface area (Å²) >= 11 is 12.5. The van der Waals surface area contributed by atoms with Crippen molar-refractivity contribution in [2.45, 2.75) is 27.7 Å². The molecule has 0 saturated carbocycles. The second-order valence-electron chi connectivity index (χ2n) is 8.06. The first-order valence-electron chi connectivity index (χ1n) is 11.9. The number of halogens is 2. The Morgan fingerprint density at radius 1 is 0.947 bits per heavy atom. The van der Waals surface area contributed by atoms with E-state index in [9.17, 15) is 9.59 Å². The van der Waals surface area contributed by atoms with Crippen LogP contribution in [0.2, 0.25) is 10.0 Å². The van der Waals surface area contributed by atoms with Crippen LogP contribution in [-0.4, -0.2) is 41.9 Å². The van der Waals surface area contributed by atoms with Crippen molar-refractivity contribution in [3.05, 3.63) is 87.2 Å². The number of benzene rings is 2. The van der Waals surface area contributed by atoms with E-state index in [0.29, 0.717) is 45.9 Å². The predicted octanol–water partition coefficient (Wildman–Crippen LogP) is 7.24. The summed E-state index contributed by atoms with van der Waals surface area (Å²) in [6.07, 6.45) is 0. The Hall–Kier alpha value is -3.59. The van der Waals surface area contributed by atoms with Crippen molar-refractivity contribution in [2.75, 3.05) is 25.3 Å². The van der Waals surface area contributed by atoms with Crippen molar-refractivity contribution in [3.63, 3.8) is 0 Å². The molecule has 0 fully saturated rings. The fraction of sp³-hybridized carbons (Fsp3) is 0.250. The lowest BCUT2D eigenvalue weighted by Crippen LogP contribution is -2.11. The SMILES string of the molecule is CCOC(=O)c1cc2nc(C)ccc2[nH]1.CCOCOC(=O)c1ccccc1Nc1c(Cl)ccc(C)c1Cl. The van der Waals surface area contributed by atoms with Crippen molar-refractivity contribution in [1.29, 1.82) is 0 Å². The third kappa shape index (κ3) is 7.47. The van der Waals surface area contributed by atoms with Gasteiger partial charge in [-0.15, -0.1) is 0 Å². The zero-order chi connectivity index (χ0) is 27.7. The van der Waals surface area contributed by atoms with Crippen LogP contribution in [-0.2, 0) is 14.2 Å². The highest BCUT2D eigenvalue weighted by Crippen LogP contribution is 2.36. The van der Waals surface area contributed by atoms with Gasteiger partial charge in [-0.05, 0) is 69.7 Å². The van der Waals surface area contributed by atoms with E-state index in [-0.39, 0.29) is 12.8 Å². The Labute approximate surface area is 231 Å². The van der Waals surface area contributed by atoms with Crippen LogP contribution < -0.4 is 5.32 Å². The quantitative estimate of drug-likeness (QED) is 0.133. The number of para-hydroxylation sites is 1. The summed E-state index contributed by atoms with van der Waals surface area (Å²) in [4.78, 5) is 30.8. The van der Waals surface area contributed by atoms with E-state index in [0.717, 1.165) is 22.3 Å². The summed E-state index contributed by atoms with van der Waals surface area (Å²) in [5.74, 6) is -0.824. The maximum atomic E-state index is 12.2. The van der Waals surface area contributed by atoms with Crippen molar-refractivity contribution in [1.82, 2.24) is 9.97 Å². The molecule has 200 valence electrons. The molecule has 38 heavy (non-hydrogen) atoms. The number of H-pyrrole nitrogens is 1. The van der Waals surface area contributed by atoms with E-state index >= 15 is 0 Å². The van der Waals surface area contributed by atoms with Crippen LogP contribution in [0.3, 0.4) is 0 Å². The molecule has 0 spiro atoms. The number of esters is 2. The predicted molar refractivity (Wildman–Crippen MR) is 150 cm³/mol. The van der Waals surface area contributed by atoms with E-state index < -0.39 is 5.97 Å². The highest BCUT2D eigenvalue weighted by atomic mass is 35.5. The molecule has 8 nitrogen and oxygen atoms in total. The molecular weight excluding hydrogens is 529 g/mol. The lowest BCUT2D eigenvalue weighted by Gasteiger charge is -2.15. The minimum atomic E-state index is -0.485. The van der Waals surface area contributed by atoms with Crippen LogP contribution in [0.25, 0.3) is 11.0 Å². The number of nitrogens with zero attached hydrogens (tertiary/aromatic N) is 1. The minimum Gasteiger partial charge on any atom is -0.461 e. The maximum absolute atomic E-state index is 12.2. The van der Waals surface area contributed by atoms with Crippen LogP contribution in [0.1, 0.15) is 46.0 Å². The van der Waals surface area contributed by atoms with Gasteiger partial charge in [-0.3, -0.25) is 4.98 Å². The molecule has 4 rings (SSSR count). The number of hydrogen-bond donors (Lipinski definition) is 2. The van der Waals surface area contributed by atoms with Gasteiger partial charge in [0.1, 0.15) is 5.69 Å². The molecule has 2 aromatic carbocycles. The molecule has 2 heterocycles. The van der Waals surface area contributed by atoms with Crippen LogP contribution in [0.15, 0.2) is 54.6 Å². The lowest BCUT2D eigenvalue weighted by atomic mass is 10.1. The molecular formula is C28H29Cl2N3O5. The van der Waals surface area contributed by atoms with Crippen LogP contribution >= 0.6 is 23.2 Å². The average Bonchev–Trinajstić information content (AvgIpc) is 3.33. The third-order valence-corrected chi connectivity index (χ3v) is 6.08. The standard InChI is InChI=1S/C17H17Cl2NO3.C11H12N2O2/c1-3-22-10-23-17(21)12-6-4-5-7-14(12)20-16-13(18)9-8-11(2)15(16)19;1-3-15-11(14)10-6-9-8(13-10)5-4-7(2)12-9/h4-9,20H,3,10H2,1-2H3;4-6,13H,3H2,1-2H3. The smallest absolute Gasteiger partial charge is 0.354 e. The van der Waals surface area contributed by atoms with Crippen molar-refractivity contribution < 1.29 is 23.8 Å². The minimum absolute atomic E-state index is 0.0877. The Morgan fingerprint density at radius 3 is 2.45 bits per heavy atom. The van der Waals surface area contributed by atoms with Crippen LogP contribution in [0, 0.1) is 13.8 Å². The first-order valence-corrected chi connectivity index (χ1v) is 12.7. The molecule has 0 bridgehead atoms. The van der Waals surface area contributed by atoms with E-state index in [1.54, 1.807) is 43.3 Å². The van der Waals surface area contributed by atoms with E-state index in [1.165, 1.54) is 0 Å². The topological polar surface area (TPSA) is 103 Å². The van der Waals surface area contributed by atoms with Crippen molar-refractivity contribution in [3.8, 4) is 0 Å². The number of anilines is 2. The fourth-order valence-electron chi connectivity index (χ4n) is 3.36. The number of nitrogens with one attached hydrogen (secondary N) is 2. The molecule has 0 amide bonds. The first-order chi connectivity index (χ1) is 18.2. The third-order valence-electron chi connectivity index (χ3n) is 5.28. The zero-order valence-corrected chi connectivity index (χ0v) is 23.1. The van der Waals surface area contributed by atoms with Crippen LogP contribution in [0.5, 0.6) is 0 Å². The molecule has 0 saturated heterocycles. The van der Waals surface area contributed by atoms with Gasteiger partial charge in [-0.2, -0.15) is 0 Å². The van der Waals surface area contributed by atoms with Gasteiger partial charge in [0.25, 0.3) is 0 Å². The van der Waals surface area contributed by atoms with E-state index in [1.807, 2.05) is 39.0 Å². The molecule has 0 aliphatic carbocycles. The Bertz CT molecular complexity index is 1420. The highest BCUT2D eigenvalue weighted by Gasteiger charge is 2.16. The number of aromatic amines is 1. The number of carbonyl (C=O) groups is 2. The number of rotatable bonds is 8. The molecule has 0 unspecified atom stereocenters. The van der Waals surface area contributed by atoms with Gasteiger partial charge in [-0.1, -0.05) is 41.4 Å². The van der Waals surface area contributed by atoms with Gasteiger partial charge < -0.3 is 24.5 Å². The number of fused-ring (bicyclic) bond motifs is 1. The monoisotopic (exact) mass is 557 g/mol. The second kappa shape index (κ2) is 13.8. The van der Waals surface area contributed by atoms with Gasteiger partial charge in [0, 0.05) is 12.3 Å². The van der Waals surface area contributed by atoms with Gasteiger partial charge >= 0.3 is 11.9 Å². The number of carbonyl (C=O) groups excluding carboxylic acids is 2. The second-order valence-corrected chi connectivity index (χ2v) is 8.84. The summed E-state index contributed by atoms with van der Waals surface area (Å²) in [6, 6.07) is 16.1. The van der Waals surface area contributed by atoms with Gasteiger partial charge in [0.05, 0.1) is 44.6 Å². The summed E-state index contributed by atoms with van der Waals surface area (Å²) < 4.78 is 15.0. The van der Waals surface area contributed by atoms with Crippen molar-refractivity contribution >= 4 is 57.5 Å². The van der Waals surface area contributed by atoms with E-state index in [2.05, 4.69) is 15.3 Å².